The van der Waals surface area contributed by atoms with Crippen molar-refractivity contribution in [2.75, 3.05) is 0 Å². The summed E-state index contributed by atoms with van der Waals surface area (Å²) in [7, 11) is -2.17. The third-order valence-corrected chi connectivity index (χ3v) is 0. The van der Waals surface area contributed by atoms with Gasteiger partial charge in [-0.1, -0.05) is 0 Å². The van der Waals surface area contributed by atoms with Gasteiger partial charge in [0.05, 0.1) is 0 Å². The van der Waals surface area contributed by atoms with Gasteiger partial charge < -0.3 is 17.9 Å². The van der Waals surface area contributed by atoms with Crippen LogP contribution in [0, 0.1) is 0 Å². The molecule has 0 fully saturated rings. The van der Waals surface area contributed by atoms with Gasteiger partial charge in [0.25, 0.3) is 0 Å². The van der Waals surface area contributed by atoms with Crippen molar-refractivity contribution in [3.63, 3.8) is 0 Å². The molecule has 0 spiro atoms. The third-order valence-electron chi connectivity index (χ3n) is 0. The van der Waals surface area contributed by atoms with Gasteiger partial charge in [0.15, 0.2) is 17.4 Å². The van der Waals surface area contributed by atoms with Crippen LogP contribution in [0.15, 0.2) is 0 Å². The van der Waals surface area contributed by atoms with Crippen molar-refractivity contribution >= 4 is 62.4 Å². The van der Waals surface area contributed by atoms with Crippen molar-refractivity contribution in [2.24, 2.45) is 0 Å². The normalized spacial score (nSPS) is 4.50. The molecular weight excluding hydrogens is 126 g/mol. The van der Waals surface area contributed by atoms with E-state index >= 15 is 0 Å². The fraction of sp³-hybridized carbons (Fsp3) is 0. The molecular formula is H8AlBCaO3. The predicted octanol–water partition coefficient (Wildman–Crippen LogP) is -3.39. The van der Waals surface area contributed by atoms with Crippen LogP contribution in [0.5, 0.6) is 0 Å². The van der Waals surface area contributed by atoms with E-state index in [0.717, 1.165) is 0 Å². The summed E-state index contributed by atoms with van der Waals surface area (Å²) < 4.78 is 0. The number of hydrogen-bond donors (Lipinski definition) is 3. The van der Waals surface area contributed by atoms with E-state index in [9.17, 15) is 0 Å². The molecule has 3 N–H and O–H groups in total. The molecule has 0 radical (unpaired) electrons. The molecule has 6 heavy (non-hydrogen) atoms. The van der Waals surface area contributed by atoms with Gasteiger partial charge in [0.1, 0.15) is 0 Å². The van der Waals surface area contributed by atoms with Gasteiger partial charge in [-0.3, -0.25) is 0 Å². The molecule has 0 aromatic rings. The van der Waals surface area contributed by atoms with Gasteiger partial charge in [-0.25, -0.2) is 0 Å². The van der Waals surface area contributed by atoms with Gasteiger partial charge >= 0.3 is 45.1 Å². The van der Waals surface area contributed by atoms with Crippen molar-refractivity contribution < 1.29 is 17.9 Å². The average molecular weight is 134 g/mol. The summed E-state index contributed by atoms with van der Waals surface area (Å²) in [5.74, 6) is 0. The van der Waals surface area contributed by atoms with Crippen LogP contribution in [0.2, 0.25) is 0 Å². The first-order valence-corrected chi connectivity index (χ1v) is 0.775. The molecule has 34 valence electrons. The molecule has 0 bridgehead atoms. The molecule has 0 aliphatic heterocycles. The first-order chi connectivity index (χ1) is 1.73. The van der Waals surface area contributed by atoms with Gasteiger partial charge in [0, 0.05) is 0 Å². The Labute approximate surface area is 79.6 Å². The third kappa shape index (κ3) is 42.7. The van der Waals surface area contributed by atoms with Crippen LogP contribution in [0.25, 0.3) is 0 Å². The van der Waals surface area contributed by atoms with E-state index < -0.39 is 7.32 Å². The van der Waals surface area contributed by atoms with Crippen molar-refractivity contribution in [2.45, 2.75) is 0 Å². The summed E-state index contributed by atoms with van der Waals surface area (Å²) >= 11 is 0. The summed E-state index contributed by atoms with van der Waals surface area (Å²) in [5.41, 5.74) is 0. The Bertz CT molecular complexity index is 22.0. The van der Waals surface area contributed by atoms with Gasteiger partial charge in [-0.15, -0.1) is 0 Å². The van der Waals surface area contributed by atoms with Crippen molar-refractivity contribution in [3.05, 3.63) is 0 Å². The molecule has 0 rings (SSSR count). The second-order valence-corrected chi connectivity index (χ2v) is 0.346. The minimum Gasteiger partial charge on any atom is -1.00 e. The molecule has 0 aliphatic rings. The van der Waals surface area contributed by atoms with Crippen LogP contribution >= 0.6 is 0 Å². The molecule has 0 aromatic carbocycles. The zero-order valence-corrected chi connectivity index (χ0v) is 4.83. The maximum absolute atomic E-state index is 7.17. The minimum atomic E-state index is -2.17. The summed E-state index contributed by atoms with van der Waals surface area (Å²) in [6.07, 6.45) is 0. The molecule has 0 saturated carbocycles. The molecule has 3 nitrogen and oxygen atoms in total. The van der Waals surface area contributed by atoms with Crippen LogP contribution in [0.1, 0.15) is 2.85 Å². The molecule has 0 atom stereocenters. The second-order valence-electron chi connectivity index (χ2n) is 0.346. The van der Waals surface area contributed by atoms with Crippen molar-refractivity contribution in [3.8, 4) is 0 Å². The molecule has 0 aliphatic carbocycles. The van der Waals surface area contributed by atoms with Crippen LogP contribution in [-0.2, 0) is 0 Å². The van der Waals surface area contributed by atoms with Gasteiger partial charge in [-0.2, -0.15) is 0 Å². The Balaban J connectivity index is -0.00000000750. The molecule has 0 unspecified atom stereocenters. The Morgan fingerprint density at radius 3 is 1.17 bits per heavy atom. The Hall–Kier alpha value is 1.74. The summed E-state index contributed by atoms with van der Waals surface area (Å²) in [6.45, 7) is 0. The number of rotatable bonds is 0. The van der Waals surface area contributed by atoms with E-state index in [4.69, 9.17) is 15.1 Å². The SMILES string of the molecule is OB(O)O.[AlH3].[Ca+2].[H-].[H-]. The topological polar surface area (TPSA) is 60.7 Å². The van der Waals surface area contributed by atoms with Crippen molar-refractivity contribution in [1.82, 2.24) is 0 Å². The van der Waals surface area contributed by atoms with E-state index in [1.54, 1.807) is 0 Å². The zero-order chi connectivity index (χ0) is 3.58. The average Bonchev–Trinajstić information content (AvgIpc) is 0.811. The van der Waals surface area contributed by atoms with Crippen LogP contribution in [0.3, 0.4) is 0 Å². The second kappa shape index (κ2) is 9.88. The first kappa shape index (κ1) is 15.6. The molecule has 6 heteroatoms. The maximum Gasteiger partial charge on any atom is 2.00 e. The maximum atomic E-state index is 7.17. The van der Waals surface area contributed by atoms with Crippen LogP contribution in [-0.4, -0.2) is 77.5 Å². The summed E-state index contributed by atoms with van der Waals surface area (Å²) in [5, 5.41) is 21.5. The largest absolute Gasteiger partial charge is 2.00 e. The predicted molar refractivity (Wildman–Crippen MR) is 30.3 cm³/mol. The summed E-state index contributed by atoms with van der Waals surface area (Å²) in [6, 6.07) is 0. The Morgan fingerprint density at radius 2 is 1.17 bits per heavy atom. The fourth-order valence-electron chi connectivity index (χ4n) is 0. The quantitative estimate of drug-likeness (QED) is 0.303. The molecule has 0 heterocycles. The van der Waals surface area contributed by atoms with E-state index in [-0.39, 0.29) is 58.0 Å². The van der Waals surface area contributed by atoms with E-state index in [2.05, 4.69) is 0 Å². The zero-order valence-electron chi connectivity index (χ0n) is 4.63. The van der Waals surface area contributed by atoms with E-state index in [1.807, 2.05) is 0 Å². The molecule has 0 saturated heterocycles. The van der Waals surface area contributed by atoms with Crippen molar-refractivity contribution in [1.29, 1.82) is 0 Å². The minimum absolute atomic E-state index is 0. The van der Waals surface area contributed by atoms with Crippen LogP contribution in [0.4, 0.5) is 0 Å². The number of hydrogen-bond acceptors (Lipinski definition) is 3. The van der Waals surface area contributed by atoms with Crippen LogP contribution < -0.4 is 0 Å². The Morgan fingerprint density at radius 1 is 1.17 bits per heavy atom. The van der Waals surface area contributed by atoms with Gasteiger partial charge in [-0.05, 0) is 0 Å². The smallest absolute Gasteiger partial charge is 1.00 e. The van der Waals surface area contributed by atoms with E-state index in [1.165, 1.54) is 0 Å². The monoisotopic (exact) mass is 134 g/mol. The molecule has 0 amide bonds. The fourth-order valence-corrected chi connectivity index (χ4v) is 0. The molecule has 0 aromatic heterocycles. The van der Waals surface area contributed by atoms with E-state index in [0.29, 0.717) is 0 Å². The Kier molecular flexibility index (Phi) is 25.8. The van der Waals surface area contributed by atoms with Gasteiger partial charge in [0.2, 0.25) is 0 Å². The standard InChI is InChI=1S/Al.BH3O3.Ca.5H/c;2-1(3)4;;;;;;/h;2-4H;;;;;;/q;;+2;;;;2*-1. The summed E-state index contributed by atoms with van der Waals surface area (Å²) in [4.78, 5) is 0. The first-order valence-electron chi connectivity index (χ1n) is 0.775.